The number of nitrogens with one attached hydrogen (secondary N) is 1. The highest BCUT2D eigenvalue weighted by atomic mass is 32.1. The minimum atomic E-state index is -2.17. The number of ether oxygens (including phenoxy) is 1. The Morgan fingerprint density at radius 2 is 1.81 bits per heavy atom. The Hall–Kier alpha value is -1.32. The maximum absolute atomic E-state index is 13.7. The van der Waals surface area contributed by atoms with Crippen LogP contribution in [0.3, 0.4) is 0 Å². The summed E-state index contributed by atoms with van der Waals surface area (Å²) in [5.74, 6) is -3.63. The van der Waals surface area contributed by atoms with E-state index in [4.69, 9.17) is 9.72 Å². The standard InChI is InChI=1S/C29H42N2O5S/c1-15(2)18-11-12-20-27-14-36-29(35,28(20,16(3)32)23(18)33)24(34)21(27)26(4,5)13-19-22(27)31-25(37-19)30-17-9-7-6-8-10-17/h17-18,20-21,23-24,33-35H,1,6-14H2,2-5H3,(H,30,31)/t18-,20?,21?,23+,24-,27-,28+,29-/m0/s1. The normalized spacial score (nSPS) is 44.5. The molecule has 8 heteroatoms. The fourth-order valence-electron chi connectivity index (χ4n) is 9.54. The zero-order valence-corrected chi connectivity index (χ0v) is 23.4. The van der Waals surface area contributed by atoms with Crippen LogP contribution in [0.2, 0.25) is 0 Å². The van der Waals surface area contributed by atoms with E-state index in [1.165, 1.54) is 26.2 Å². The first-order chi connectivity index (χ1) is 17.4. The minimum absolute atomic E-state index is 0.179. The van der Waals surface area contributed by atoms with Crippen molar-refractivity contribution < 1.29 is 24.9 Å². The van der Waals surface area contributed by atoms with Crippen molar-refractivity contribution in [2.75, 3.05) is 11.9 Å². The van der Waals surface area contributed by atoms with Gasteiger partial charge in [0.25, 0.3) is 0 Å². The van der Waals surface area contributed by atoms with Crippen molar-refractivity contribution in [2.24, 2.45) is 28.6 Å². The Labute approximate surface area is 223 Å². The predicted molar refractivity (Wildman–Crippen MR) is 142 cm³/mol. The van der Waals surface area contributed by atoms with Gasteiger partial charge in [-0.05, 0) is 57.3 Å². The van der Waals surface area contributed by atoms with Crippen LogP contribution < -0.4 is 5.32 Å². The Morgan fingerprint density at radius 1 is 1.11 bits per heavy atom. The van der Waals surface area contributed by atoms with Crippen molar-refractivity contribution in [1.29, 1.82) is 0 Å². The first-order valence-corrected chi connectivity index (χ1v) is 14.9. The van der Waals surface area contributed by atoms with Gasteiger partial charge in [0.05, 0.1) is 18.4 Å². The molecule has 7 rings (SSSR count). The Balaban J connectivity index is 1.54. The molecule has 204 valence electrons. The van der Waals surface area contributed by atoms with Crippen molar-refractivity contribution in [3.8, 4) is 0 Å². The molecule has 2 aliphatic heterocycles. The summed E-state index contributed by atoms with van der Waals surface area (Å²) in [6.07, 6.45) is 5.52. The molecule has 6 aliphatic rings. The largest absolute Gasteiger partial charge is 0.391 e. The molecule has 5 fully saturated rings. The van der Waals surface area contributed by atoms with Gasteiger partial charge >= 0.3 is 0 Å². The van der Waals surface area contributed by atoms with Crippen LogP contribution in [-0.4, -0.2) is 56.7 Å². The summed E-state index contributed by atoms with van der Waals surface area (Å²) < 4.78 is 6.22. The highest BCUT2D eigenvalue weighted by Crippen LogP contribution is 2.73. The number of thiazole rings is 1. The van der Waals surface area contributed by atoms with Crippen molar-refractivity contribution in [3.63, 3.8) is 0 Å². The van der Waals surface area contributed by atoms with Crippen LogP contribution in [0.4, 0.5) is 5.13 Å². The molecule has 7 nitrogen and oxygen atoms in total. The van der Waals surface area contributed by atoms with Gasteiger partial charge in [0.1, 0.15) is 17.3 Å². The van der Waals surface area contributed by atoms with Crippen LogP contribution in [0.1, 0.15) is 83.2 Å². The molecular formula is C29H42N2O5S. The van der Waals surface area contributed by atoms with Gasteiger partial charge in [0.15, 0.2) is 5.13 Å². The van der Waals surface area contributed by atoms with E-state index in [9.17, 15) is 20.1 Å². The first kappa shape index (κ1) is 25.9. The van der Waals surface area contributed by atoms with E-state index in [1.54, 1.807) is 11.3 Å². The average molecular weight is 531 g/mol. The van der Waals surface area contributed by atoms with Crippen LogP contribution in [0.15, 0.2) is 12.2 Å². The number of aliphatic hydroxyl groups is 3. The summed E-state index contributed by atoms with van der Waals surface area (Å²) in [7, 11) is 0. The summed E-state index contributed by atoms with van der Waals surface area (Å²) in [6, 6.07) is 0.413. The van der Waals surface area contributed by atoms with E-state index in [0.29, 0.717) is 18.9 Å². The number of aromatic nitrogens is 1. The summed E-state index contributed by atoms with van der Waals surface area (Å²) in [4.78, 5) is 20.1. The maximum Gasteiger partial charge on any atom is 0.208 e. The number of nitrogens with zero attached hydrogens (tertiary/aromatic N) is 1. The van der Waals surface area contributed by atoms with Crippen LogP contribution in [0.5, 0.6) is 0 Å². The summed E-state index contributed by atoms with van der Waals surface area (Å²) >= 11 is 1.69. The molecule has 2 saturated heterocycles. The molecule has 2 unspecified atom stereocenters. The van der Waals surface area contributed by atoms with Crippen molar-refractivity contribution in [3.05, 3.63) is 22.7 Å². The molecule has 4 aliphatic carbocycles. The van der Waals surface area contributed by atoms with Crippen molar-refractivity contribution in [2.45, 2.75) is 109 Å². The topological polar surface area (TPSA) is 112 Å². The highest BCUT2D eigenvalue weighted by Gasteiger charge is 2.84. The zero-order chi connectivity index (χ0) is 26.5. The lowest BCUT2D eigenvalue weighted by Gasteiger charge is -2.74. The van der Waals surface area contributed by atoms with Crippen molar-refractivity contribution >= 4 is 22.3 Å². The van der Waals surface area contributed by atoms with E-state index >= 15 is 0 Å². The molecule has 3 heterocycles. The molecule has 1 aromatic rings. The number of hydrogen-bond donors (Lipinski definition) is 4. The van der Waals surface area contributed by atoms with Gasteiger partial charge in [-0.1, -0.05) is 45.3 Å². The fourth-order valence-corrected chi connectivity index (χ4v) is 10.9. The van der Waals surface area contributed by atoms with Gasteiger partial charge < -0.3 is 25.4 Å². The number of carbonyl (C=O) groups is 1. The summed E-state index contributed by atoms with van der Waals surface area (Å²) in [5.41, 5.74) is -1.13. The predicted octanol–water partition coefficient (Wildman–Crippen LogP) is 3.96. The van der Waals surface area contributed by atoms with Crippen LogP contribution in [0, 0.1) is 28.6 Å². The second-order valence-corrected chi connectivity index (χ2v) is 14.4. The lowest BCUT2D eigenvalue weighted by Crippen LogP contribution is -2.86. The second-order valence-electron chi connectivity index (χ2n) is 13.3. The van der Waals surface area contributed by atoms with Gasteiger partial charge in [-0.2, -0.15) is 0 Å². The fraction of sp³-hybridized carbons (Fsp3) is 0.793. The molecule has 4 N–H and O–H groups in total. The molecule has 37 heavy (non-hydrogen) atoms. The number of fused-ring (bicyclic) bond motifs is 2. The molecule has 1 spiro atoms. The van der Waals surface area contributed by atoms with Gasteiger partial charge in [0.2, 0.25) is 5.79 Å². The van der Waals surface area contributed by atoms with Crippen molar-refractivity contribution in [1.82, 2.24) is 4.98 Å². The van der Waals surface area contributed by atoms with Crippen LogP contribution >= 0.6 is 11.3 Å². The first-order valence-electron chi connectivity index (χ1n) is 14.1. The lowest BCUT2D eigenvalue weighted by molar-refractivity contribution is -0.433. The Kier molecular flexibility index (Phi) is 5.84. The van der Waals surface area contributed by atoms with E-state index in [1.807, 2.05) is 6.92 Å². The number of ketones is 1. The van der Waals surface area contributed by atoms with Crippen LogP contribution in [0.25, 0.3) is 0 Å². The van der Waals surface area contributed by atoms with Gasteiger partial charge in [-0.3, -0.25) is 4.79 Å². The molecular weight excluding hydrogens is 488 g/mol. The molecule has 2 bridgehead atoms. The lowest BCUT2D eigenvalue weighted by atomic mass is 9.35. The quantitative estimate of drug-likeness (QED) is 0.436. The van der Waals surface area contributed by atoms with Crippen LogP contribution in [-0.2, 0) is 21.4 Å². The van der Waals surface area contributed by atoms with E-state index in [-0.39, 0.29) is 29.6 Å². The molecule has 0 radical (unpaired) electrons. The Bertz CT molecular complexity index is 1130. The second kappa shape index (κ2) is 8.34. The van der Waals surface area contributed by atoms with E-state index in [2.05, 4.69) is 25.7 Å². The average Bonchev–Trinajstić information content (AvgIpc) is 3.22. The maximum atomic E-state index is 13.7. The van der Waals surface area contributed by atoms with E-state index < -0.39 is 34.7 Å². The zero-order valence-electron chi connectivity index (χ0n) is 22.5. The molecule has 0 aromatic carbocycles. The number of Topliss-reactive ketones (excluding diaryl/α,β-unsaturated/α-hetero) is 1. The molecule has 1 aromatic heterocycles. The van der Waals surface area contributed by atoms with Gasteiger partial charge in [-0.25, -0.2) is 4.98 Å². The third-order valence-electron chi connectivity index (χ3n) is 10.9. The van der Waals surface area contributed by atoms with Gasteiger partial charge in [0, 0.05) is 28.2 Å². The highest BCUT2D eigenvalue weighted by molar-refractivity contribution is 7.15. The third kappa shape index (κ3) is 3.14. The molecule has 3 saturated carbocycles. The number of anilines is 1. The van der Waals surface area contributed by atoms with E-state index in [0.717, 1.165) is 40.5 Å². The number of hydrogen-bond acceptors (Lipinski definition) is 8. The monoisotopic (exact) mass is 530 g/mol. The third-order valence-corrected chi connectivity index (χ3v) is 11.9. The minimum Gasteiger partial charge on any atom is -0.391 e. The SMILES string of the molecule is C=C(C)[C@@H]1CCC2[C@@]34CO[C@@](O)([C@@H](O)C3C(C)(C)Cc3sc(NC5CCCCC5)nc34)[C@@]2(C(C)=O)[C@@H]1O. The Morgan fingerprint density at radius 3 is 2.46 bits per heavy atom. The smallest absolute Gasteiger partial charge is 0.208 e. The molecule has 8 atom stereocenters. The number of rotatable bonds is 4. The number of aliphatic hydroxyl groups excluding tert-OH is 2. The summed E-state index contributed by atoms with van der Waals surface area (Å²) in [5, 5.41) is 40.6. The van der Waals surface area contributed by atoms with Gasteiger partial charge in [-0.15, -0.1) is 11.3 Å². The summed E-state index contributed by atoms with van der Waals surface area (Å²) in [6.45, 7) is 11.9. The molecule has 0 amide bonds. The number of carbonyl (C=O) groups excluding carboxylic acids is 1.